The minimum Gasteiger partial charge on any atom is -0.392 e. The van der Waals surface area contributed by atoms with E-state index < -0.39 is 0 Å². The lowest BCUT2D eigenvalue weighted by atomic mass is 10.1. The average Bonchev–Trinajstić information content (AvgIpc) is 2.97. The predicted molar refractivity (Wildman–Crippen MR) is 143 cm³/mol. The van der Waals surface area contributed by atoms with Gasteiger partial charge in [-0.1, -0.05) is 42.5 Å². The summed E-state index contributed by atoms with van der Waals surface area (Å²) in [5.74, 6) is 0.308. The Morgan fingerprint density at radius 1 is 1.00 bits per heavy atom. The standard InChI is InChI=1S/C29H29N5O3/c30-16-19-4-1-8-23(12-19)29(36)32-24-9-3-7-22(14-24)28-33-25(21-6-2-5-20(13-21)18-35)15-26(34-28)27-17-31-10-11-37-27/h1-9,12-15,27,31,35H,10-11,16-18,30H2,(H,32,36). The topological polar surface area (TPSA) is 122 Å². The molecule has 1 atom stereocenters. The Balaban J connectivity index is 1.49. The van der Waals surface area contributed by atoms with E-state index in [0.29, 0.717) is 36.8 Å². The van der Waals surface area contributed by atoms with Crippen LogP contribution in [-0.4, -0.2) is 40.7 Å². The third-order valence-corrected chi connectivity index (χ3v) is 6.21. The molecule has 0 radical (unpaired) electrons. The van der Waals surface area contributed by atoms with E-state index in [-0.39, 0.29) is 18.6 Å². The number of anilines is 1. The first-order valence-corrected chi connectivity index (χ1v) is 12.2. The van der Waals surface area contributed by atoms with Gasteiger partial charge < -0.3 is 26.2 Å². The molecule has 2 heterocycles. The second-order valence-electron chi connectivity index (χ2n) is 8.86. The molecule has 4 aromatic rings. The van der Waals surface area contributed by atoms with Gasteiger partial charge in [-0.2, -0.15) is 0 Å². The van der Waals surface area contributed by atoms with Crippen LogP contribution >= 0.6 is 0 Å². The fourth-order valence-electron chi connectivity index (χ4n) is 4.27. The number of amides is 1. The number of rotatable bonds is 7. The number of hydrogen-bond acceptors (Lipinski definition) is 7. The van der Waals surface area contributed by atoms with Crippen LogP contribution in [0, 0.1) is 0 Å². The van der Waals surface area contributed by atoms with Gasteiger partial charge in [0, 0.05) is 42.0 Å². The molecule has 0 spiro atoms. The molecular weight excluding hydrogens is 466 g/mol. The van der Waals surface area contributed by atoms with Gasteiger partial charge in [-0.05, 0) is 47.5 Å². The van der Waals surface area contributed by atoms with Crippen LogP contribution in [0.25, 0.3) is 22.6 Å². The molecular formula is C29H29N5O3. The van der Waals surface area contributed by atoms with Crippen molar-refractivity contribution in [2.24, 2.45) is 5.73 Å². The van der Waals surface area contributed by atoms with Crippen LogP contribution in [0.5, 0.6) is 0 Å². The largest absolute Gasteiger partial charge is 0.392 e. The van der Waals surface area contributed by atoms with Gasteiger partial charge in [-0.15, -0.1) is 0 Å². The predicted octanol–water partition coefficient (Wildman–Crippen LogP) is 3.67. The molecule has 1 unspecified atom stereocenters. The number of nitrogens with one attached hydrogen (secondary N) is 2. The first-order valence-electron chi connectivity index (χ1n) is 12.2. The molecule has 8 heteroatoms. The van der Waals surface area contributed by atoms with E-state index in [2.05, 4.69) is 10.6 Å². The Labute approximate surface area is 215 Å². The zero-order valence-corrected chi connectivity index (χ0v) is 20.4. The molecule has 5 N–H and O–H groups in total. The molecule has 1 amide bonds. The van der Waals surface area contributed by atoms with Crippen molar-refractivity contribution in [2.75, 3.05) is 25.0 Å². The van der Waals surface area contributed by atoms with Gasteiger partial charge in [0.1, 0.15) is 6.10 Å². The summed E-state index contributed by atoms with van der Waals surface area (Å²) in [5.41, 5.74) is 11.7. The van der Waals surface area contributed by atoms with Crippen molar-refractivity contribution in [1.29, 1.82) is 0 Å². The lowest BCUT2D eigenvalue weighted by Gasteiger charge is -2.24. The number of carbonyl (C=O) groups excluding carboxylic acids is 1. The fraction of sp³-hybridized carbons (Fsp3) is 0.207. The Kier molecular flexibility index (Phi) is 7.62. The minimum absolute atomic E-state index is 0.0514. The van der Waals surface area contributed by atoms with E-state index in [1.807, 2.05) is 66.7 Å². The summed E-state index contributed by atoms with van der Waals surface area (Å²) in [5, 5.41) is 15.9. The maximum absolute atomic E-state index is 12.9. The summed E-state index contributed by atoms with van der Waals surface area (Å²) in [6.45, 7) is 2.38. The summed E-state index contributed by atoms with van der Waals surface area (Å²) < 4.78 is 5.98. The highest BCUT2D eigenvalue weighted by atomic mass is 16.5. The Morgan fingerprint density at radius 2 is 1.81 bits per heavy atom. The quantitative estimate of drug-likeness (QED) is 0.309. The maximum atomic E-state index is 12.9. The van der Waals surface area contributed by atoms with Crippen molar-refractivity contribution >= 4 is 11.6 Å². The highest BCUT2D eigenvalue weighted by Gasteiger charge is 2.20. The lowest BCUT2D eigenvalue weighted by molar-refractivity contribution is 0.0250. The smallest absolute Gasteiger partial charge is 0.255 e. The summed E-state index contributed by atoms with van der Waals surface area (Å²) >= 11 is 0. The second kappa shape index (κ2) is 11.4. The third kappa shape index (κ3) is 5.90. The van der Waals surface area contributed by atoms with Crippen molar-refractivity contribution in [3.8, 4) is 22.6 Å². The van der Waals surface area contributed by atoms with Gasteiger partial charge in [0.2, 0.25) is 0 Å². The first-order chi connectivity index (χ1) is 18.1. The molecule has 0 aliphatic carbocycles. The molecule has 1 aromatic heterocycles. The number of nitrogens with zero attached hydrogens (tertiary/aromatic N) is 2. The van der Waals surface area contributed by atoms with Crippen LogP contribution in [0.4, 0.5) is 5.69 Å². The Hall–Kier alpha value is -3.95. The molecule has 0 saturated carbocycles. The zero-order valence-electron chi connectivity index (χ0n) is 20.4. The molecule has 0 bridgehead atoms. The van der Waals surface area contributed by atoms with Crippen LogP contribution < -0.4 is 16.4 Å². The first kappa shape index (κ1) is 24.7. The molecule has 188 valence electrons. The van der Waals surface area contributed by atoms with Crippen molar-refractivity contribution in [3.63, 3.8) is 0 Å². The number of benzene rings is 3. The summed E-state index contributed by atoms with van der Waals surface area (Å²) in [6, 6.07) is 24.3. The number of hydrogen-bond donors (Lipinski definition) is 4. The van der Waals surface area contributed by atoms with Crippen LogP contribution in [-0.2, 0) is 17.9 Å². The number of nitrogens with two attached hydrogens (primary N) is 1. The van der Waals surface area contributed by atoms with Crippen molar-refractivity contribution in [2.45, 2.75) is 19.3 Å². The van der Waals surface area contributed by atoms with Crippen molar-refractivity contribution in [1.82, 2.24) is 15.3 Å². The molecule has 1 aliphatic heterocycles. The molecule has 3 aromatic carbocycles. The highest BCUT2D eigenvalue weighted by molar-refractivity contribution is 6.04. The number of ether oxygens (including phenoxy) is 1. The van der Waals surface area contributed by atoms with E-state index in [9.17, 15) is 9.90 Å². The van der Waals surface area contributed by atoms with Gasteiger partial charge in [-0.3, -0.25) is 4.79 Å². The SMILES string of the molecule is NCc1cccc(C(=O)Nc2cccc(-c3nc(-c4cccc(CO)c4)cc(C4CNCCO4)n3)c2)c1. The summed E-state index contributed by atoms with van der Waals surface area (Å²) in [4.78, 5) is 22.6. The van der Waals surface area contributed by atoms with Crippen LogP contribution in [0.1, 0.15) is 33.3 Å². The molecule has 5 rings (SSSR count). The van der Waals surface area contributed by atoms with E-state index >= 15 is 0 Å². The third-order valence-electron chi connectivity index (χ3n) is 6.21. The molecule has 1 aliphatic rings. The van der Waals surface area contributed by atoms with E-state index in [1.165, 1.54) is 0 Å². The van der Waals surface area contributed by atoms with E-state index in [4.69, 9.17) is 20.4 Å². The number of carbonyl (C=O) groups is 1. The second-order valence-corrected chi connectivity index (χ2v) is 8.86. The van der Waals surface area contributed by atoms with Gasteiger partial charge in [0.15, 0.2) is 5.82 Å². The average molecular weight is 496 g/mol. The highest BCUT2D eigenvalue weighted by Crippen LogP contribution is 2.28. The Bertz CT molecular complexity index is 1400. The van der Waals surface area contributed by atoms with Crippen LogP contribution in [0.15, 0.2) is 78.9 Å². The number of aliphatic hydroxyl groups is 1. The molecule has 8 nitrogen and oxygen atoms in total. The van der Waals surface area contributed by atoms with Crippen LogP contribution in [0.2, 0.25) is 0 Å². The summed E-state index contributed by atoms with van der Waals surface area (Å²) in [7, 11) is 0. The fourth-order valence-corrected chi connectivity index (χ4v) is 4.27. The zero-order chi connectivity index (χ0) is 25.6. The number of morpholine rings is 1. The number of aromatic nitrogens is 2. The molecule has 1 saturated heterocycles. The van der Waals surface area contributed by atoms with E-state index in [0.717, 1.165) is 40.2 Å². The Morgan fingerprint density at radius 3 is 2.62 bits per heavy atom. The van der Waals surface area contributed by atoms with E-state index in [1.54, 1.807) is 12.1 Å². The van der Waals surface area contributed by atoms with Gasteiger partial charge >= 0.3 is 0 Å². The van der Waals surface area contributed by atoms with Crippen molar-refractivity contribution < 1.29 is 14.6 Å². The van der Waals surface area contributed by atoms with Gasteiger partial charge in [0.25, 0.3) is 5.91 Å². The summed E-state index contributed by atoms with van der Waals surface area (Å²) in [6.07, 6.45) is -0.201. The minimum atomic E-state index is -0.217. The molecule has 37 heavy (non-hydrogen) atoms. The van der Waals surface area contributed by atoms with Gasteiger partial charge in [-0.25, -0.2) is 9.97 Å². The van der Waals surface area contributed by atoms with Crippen LogP contribution in [0.3, 0.4) is 0 Å². The normalized spacial score (nSPS) is 15.4. The lowest BCUT2D eigenvalue weighted by Crippen LogP contribution is -2.33. The van der Waals surface area contributed by atoms with Crippen molar-refractivity contribution in [3.05, 3.63) is 101 Å². The monoisotopic (exact) mass is 495 g/mol. The van der Waals surface area contributed by atoms with Gasteiger partial charge in [0.05, 0.1) is 24.6 Å². The number of aliphatic hydroxyl groups excluding tert-OH is 1. The molecule has 1 fully saturated rings. The maximum Gasteiger partial charge on any atom is 0.255 e.